The van der Waals surface area contributed by atoms with Crippen molar-refractivity contribution < 1.29 is 24.5 Å². The number of hydrogen-bond donors (Lipinski definition) is 0. The summed E-state index contributed by atoms with van der Waals surface area (Å²) >= 11 is 0. The molecule has 0 unspecified atom stereocenters. The van der Waals surface area contributed by atoms with Crippen LogP contribution in [0.2, 0.25) is 0 Å². The Labute approximate surface area is 145 Å². The maximum absolute atomic E-state index is 5.95. The molecule has 0 bridgehead atoms. The van der Waals surface area contributed by atoms with Gasteiger partial charge < -0.3 is 8.82 Å². The van der Waals surface area contributed by atoms with E-state index in [1.54, 1.807) is 6.20 Å². The van der Waals surface area contributed by atoms with Gasteiger partial charge in [0.1, 0.15) is 0 Å². The van der Waals surface area contributed by atoms with Crippen LogP contribution in [0.15, 0.2) is 71.3 Å². The van der Waals surface area contributed by atoms with Gasteiger partial charge >= 0.3 is 0 Å². The van der Waals surface area contributed by atoms with Crippen molar-refractivity contribution >= 4 is 27.6 Å². The first-order valence-electron chi connectivity index (χ1n) is 7.16. The van der Waals surface area contributed by atoms with Gasteiger partial charge in [0.25, 0.3) is 0 Å². The van der Waals surface area contributed by atoms with Crippen molar-refractivity contribution in [3.05, 3.63) is 72.9 Å². The third-order valence-electron chi connectivity index (χ3n) is 3.96. The van der Waals surface area contributed by atoms with Crippen LogP contribution >= 0.6 is 0 Å². The van der Waals surface area contributed by atoms with Crippen LogP contribution in [-0.4, -0.2) is 9.38 Å². The fourth-order valence-corrected chi connectivity index (χ4v) is 2.94. The van der Waals surface area contributed by atoms with E-state index in [-0.39, 0.29) is 20.1 Å². The molecule has 0 fully saturated rings. The first-order valence-corrected chi connectivity index (χ1v) is 7.16. The first kappa shape index (κ1) is 14.2. The summed E-state index contributed by atoms with van der Waals surface area (Å²) in [7, 11) is 0. The molecule has 2 heterocycles. The summed E-state index contributed by atoms with van der Waals surface area (Å²) in [6.45, 7) is 0. The van der Waals surface area contributed by atoms with Gasteiger partial charge in [0.15, 0.2) is 5.58 Å². The van der Waals surface area contributed by atoms with Crippen LogP contribution < -0.4 is 0 Å². The zero-order chi connectivity index (χ0) is 14.5. The molecular weight excluding hydrogens is 464 g/mol. The number of hydrogen-bond acceptors (Lipinski definition) is 2. The summed E-state index contributed by atoms with van der Waals surface area (Å²) in [5, 5.41) is 2.36. The zero-order valence-electron chi connectivity index (χ0n) is 12.0. The molecule has 5 aromatic rings. The standard InChI is InChI=1S/C19H11N2O.Ir/c1-2-6-13(7-3-1)19-20-12-18-21(19)16-10-14-8-4-5-9-15(14)11-17(16)22-18;/h1-6,8-12H;/q-1;. The fourth-order valence-electron chi connectivity index (χ4n) is 2.94. The van der Waals surface area contributed by atoms with E-state index in [9.17, 15) is 0 Å². The number of rotatable bonds is 1. The molecule has 3 aromatic carbocycles. The third kappa shape index (κ3) is 2.11. The zero-order valence-corrected chi connectivity index (χ0v) is 14.4. The maximum atomic E-state index is 5.95. The number of imidazole rings is 1. The Morgan fingerprint density at radius 2 is 1.74 bits per heavy atom. The molecule has 0 amide bonds. The second kappa shape index (κ2) is 5.34. The molecule has 2 aromatic heterocycles. The second-order valence-electron chi connectivity index (χ2n) is 5.30. The first-order chi connectivity index (χ1) is 10.9. The van der Waals surface area contributed by atoms with Crippen molar-refractivity contribution in [2.24, 2.45) is 0 Å². The molecule has 3 nitrogen and oxygen atoms in total. The van der Waals surface area contributed by atoms with Crippen molar-refractivity contribution in [3.8, 4) is 11.4 Å². The molecule has 0 aliphatic rings. The second-order valence-corrected chi connectivity index (χ2v) is 5.30. The number of aromatic nitrogens is 2. The van der Waals surface area contributed by atoms with E-state index in [4.69, 9.17) is 4.42 Å². The minimum absolute atomic E-state index is 0. The van der Waals surface area contributed by atoms with Crippen molar-refractivity contribution in [2.75, 3.05) is 0 Å². The topological polar surface area (TPSA) is 30.4 Å². The summed E-state index contributed by atoms with van der Waals surface area (Å²) < 4.78 is 8.00. The Morgan fingerprint density at radius 1 is 0.957 bits per heavy atom. The molecule has 113 valence electrons. The summed E-state index contributed by atoms with van der Waals surface area (Å²) in [4.78, 5) is 4.49. The SMILES string of the molecule is [Ir].[c-]1ccccc1-c1ncc2oc3cc4ccccc4cc3n12. The number of oxazole rings is 1. The van der Waals surface area contributed by atoms with Crippen molar-refractivity contribution in [3.63, 3.8) is 0 Å². The van der Waals surface area contributed by atoms with E-state index >= 15 is 0 Å². The Balaban J connectivity index is 0.00000135. The predicted octanol–water partition coefficient (Wildman–Crippen LogP) is 4.70. The molecular formula is C19H11IrN2O-. The van der Waals surface area contributed by atoms with E-state index in [2.05, 4.69) is 35.3 Å². The van der Waals surface area contributed by atoms with Crippen LogP contribution in [0.4, 0.5) is 0 Å². The van der Waals surface area contributed by atoms with Gasteiger partial charge in [0.05, 0.1) is 17.5 Å². The molecule has 0 N–H and O–H groups in total. The molecule has 0 saturated heterocycles. The van der Waals surface area contributed by atoms with Crippen LogP contribution in [0.25, 0.3) is 39.0 Å². The van der Waals surface area contributed by atoms with E-state index in [0.717, 1.165) is 28.2 Å². The van der Waals surface area contributed by atoms with Gasteiger partial charge in [-0.15, -0.1) is 35.9 Å². The monoisotopic (exact) mass is 476 g/mol. The Bertz CT molecular complexity index is 1130. The molecule has 1 radical (unpaired) electrons. The minimum Gasteiger partial charge on any atom is -0.437 e. The number of fused-ring (bicyclic) bond motifs is 4. The van der Waals surface area contributed by atoms with Crippen LogP contribution in [0.1, 0.15) is 0 Å². The van der Waals surface area contributed by atoms with Crippen LogP contribution in [0.5, 0.6) is 0 Å². The third-order valence-corrected chi connectivity index (χ3v) is 3.96. The predicted molar refractivity (Wildman–Crippen MR) is 86.7 cm³/mol. The summed E-state index contributed by atoms with van der Waals surface area (Å²) in [6.07, 6.45) is 1.76. The van der Waals surface area contributed by atoms with Gasteiger partial charge in [-0.05, 0) is 22.9 Å². The van der Waals surface area contributed by atoms with Gasteiger partial charge in [-0.3, -0.25) is 4.98 Å². The molecule has 0 aliphatic carbocycles. The molecule has 0 saturated carbocycles. The van der Waals surface area contributed by atoms with Crippen LogP contribution in [0.3, 0.4) is 0 Å². The number of benzene rings is 3. The largest absolute Gasteiger partial charge is 0.437 e. The Kier molecular flexibility index (Phi) is 3.29. The van der Waals surface area contributed by atoms with Crippen molar-refractivity contribution in [1.82, 2.24) is 9.38 Å². The average Bonchev–Trinajstić information content (AvgIpc) is 3.12. The summed E-state index contributed by atoms with van der Waals surface area (Å²) in [6, 6.07) is 23.6. The number of nitrogens with zero attached hydrogens (tertiary/aromatic N) is 2. The molecule has 0 atom stereocenters. The quantitative estimate of drug-likeness (QED) is 0.329. The van der Waals surface area contributed by atoms with Gasteiger partial charge in [-0.25, -0.2) is 0 Å². The summed E-state index contributed by atoms with van der Waals surface area (Å²) in [5.74, 6) is 0.852. The van der Waals surface area contributed by atoms with Crippen LogP contribution in [-0.2, 0) is 20.1 Å². The Morgan fingerprint density at radius 3 is 2.52 bits per heavy atom. The smallest absolute Gasteiger partial charge is 0.215 e. The van der Waals surface area contributed by atoms with E-state index in [1.165, 1.54) is 10.8 Å². The minimum atomic E-state index is 0. The average molecular weight is 476 g/mol. The maximum Gasteiger partial charge on any atom is 0.215 e. The van der Waals surface area contributed by atoms with E-state index < -0.39 is 0 Å². The van der Waals surface area contributed by atoms with Gasteiger partial charge in [-0.1, -0.05) is 24.3 Å². The molecule has 23 heavy (non-hydrogen) atoms. The Hall–Kier alpha value is -2.42. The molecule has 0 spiro atoms. The van der Waals surface area contributed by atoms with Gasteiger partial charge in [-0.2, -0.15) is 0 Å². The molecule has 5 rings (SSSR count). The van der Waals surface area contributed by atoms with Crippen LogP contribution in [0, 0.1) is 6.07 Å². The van der Waals surface area contributed by atoms with E-state index in [1.807, 2.05) is 40.8 Å². The summed E-state index contributed by atoms with van der Waals surface area (Å²) in [5.41, 5.74) is 3.60. The normalized spacial score (nSPS) is 11.1. The van der Waals surface area contributed by atoms with Crippen molar-refractivity contribution in [1.29, 1.82) is 0 Å². The van der Waals surface area contributed by atoms with Gasteiger partial charge in [0, 0.05) is 20.1 Å². The fraction of sp³-hybridized carbons (Fsp3) is 0. The van der Waals surface area contributed by atoms with E-state index in [0.29, 0.717) is 0 Å². The van der Waals surface area contributed by atoms with Gasteiger partial charge in [0.2, 0.25) is 5.71 Å². The molecule has 0 aliphatic heterocycles. The van der Waals surface area contributed by atoms with Crippen molar-refractivity contribution in [2.45, 2.75) is 0 Å². The molecule has 4 heteroatoms.